The summed E-state index contributed by atoms with van der Waals surface area (Å²) in [7, 11) is 0. The Hall–Kier alpha value is -1.26. The highest BCUT2D eigenvalue weighted by Gasteiger charge is 1.99. The van der Waals surface area contributed by atoms with Crippen molar-refractivity contribution < 1.29 is 0 Å². The van der Waals surface area contributed by atoms with Crippen LogP contribution in [0.3, 0.4) is 0 Å². The molecule has 1 nitrogen and oxygen atoms in total. The molecule has 0 spiro atoms. The third-order valence-electron chi connectivity index (χ3n) is 2.83. The molecule has 0 aliphatic carbocycles. The van der Waals surface area contributed by atoms with E-state index in [0.29, 0.717) is 0 Å². The largest absolute Gasteiger partial charge is 0.318 e. The summed E-state index contributed by atoms with van der Waals surface area (Å²) in [6.07, 6.45) is 2.05. The third kappa shape index (κ3) is 3.40. The first-order valence-corrected chi connectivity index (χ1v) is 5.89. The normalized spacial score (nSPS) is 11.8. The predicted octanol–water partition coefficient (Wildman–Crippen LogP) is 3.09. The van der Waals surface area contributed by atoms with Gasteiger partial charge in [-0.1, -0.05) is 31.3 Å². The second-order valence-corrected chi connectivity index (χ2v) is 4.42. The number of aryl methyl sites for hydroxylation is 3. The fraction of sp³-hybridized carbons (Fsp3) is 0.467. The Labute approximate surface area is 99.1 Å². The molecule has 16 heavy (non-hydrogen) atoms. The van der Waals surface area contributed by atoms with E-state index in [-0.39, 0.29) is 6.04 Å². The Kier molecular flexibility index (Phi) is 4.58. The van der Waals surface area contributed by atoms with Crippen molar-refractivity contribution in [1.82, 2.24) is 0 Å². The van der Waals surface area contributed by atoms with Gasteiger partial charge in [-0.05, 0) is 49.9 Å². The van der Waals surface area contributed by atoms with Gasteiger partial charge in [-0.25, -0.2) is 0 Å². The van der Waals surface area contributed by atoms with E-state index in [4.69, 9.17) is 5.73 Å². The van der Waals surface area contributed by atoms with Crippen molar-refractivity contribution >= 4 is 0 Å². The van der Waals surface area contributed by atoms with Gasteiger partial charge in [-0.3, -0.25) is 0 Å². The highest BCUT2D eigenvalue weighted by atomic mass is 14.6. The van der Waals surface area contributed by atoms with Crippen LogP contribution in [0.25, 0.3) is 0 Å². The van der Waals surface area contributed by atoms with Crippen molar-refractivity contribution in [2.45, 2.75) is 46.6 Å². The molecule has 0 fully saturated rings. The summed E-state index contributed by atoms with van der Waals surface area (Å²) >= 11 is 0. The molecule has 1 rings (SSSR count). The van der Waals surface area contributed by atoms with E-state index >= 15 is 0 Å². The summed E-state index contributed by atoms with van der Waals surface area (Å²) < 4.78 is 0. The van der Waals surface area contributed by atoms with E-state index in [9.17, 15) is 0 Å². The van der Waals surface area contributed by atoms with E-state index < -0.39 is 0 Å². The lowest BCUT2D eigenvalue weighted by molar-refractivity contribution is 0.720. The summed E-state index contributed by atoms with van der Waals surface area (Å²) in [6.45, 7) is 8.47. The Balaban J connectivity index is 2.93. The van der Waals surface area contributed by atoms with Gasteiger partial charge in [0.05, 0.1) is 6.04 Å². The number of hydrogen-bond donors (Lipinski definition) is 1. The van der Waals surface area contributed by atoms with Crippen molar-refractivity contribution in [2.24, 2.45) is 5.73 Å². The highest BCUT2D eigenvalue weighted by Crippen LogP contribution is 2.14. The molecule has 1 aromatic rings. The highest BCUT2D eigenvalue weighted by molar-refractivity contribution is 5.46. The number of rotatable bonds is 2. The summed E-state index contributed by atoms with van der Waals surface area (Å²) in [5, 5.41) is 0. The SMILES string of the molecule is CCCC(N)C#Cc1cc(C)c(C)cc1C. The maximum atomic E-state index is 5.88. The van der Waals surface area contributed by atoms with E-state index in [1.165, 1.54) is 16.7 Å². The summed E-state index contributed by atoms with van der Waals surface area (Å²) in [5.41, 5.74) is 10.8. The smallest absolute Gasteiger partial charge is 0.0668 e. The molecule has 0 aromatic heterocycles. The van der Waals surface area contributed by atoms with Crippen molar-refractivity contribution in [2.75, 3.05) is 0 Å². The Bertz CT molecular complexity index is 421. The fourth-order valence-corrected chi connectivity index (χ4v) is 1.65. The average molecular weight is 215 g/mol. The molecule has 1 atom stereocenters. The van der Waals surface area contributed by atoms with Crippen LogP contribution in [0.1, 0.15) is 42.0 Å². The van der Waals surface area contributed by atoms with Gasteiger partial charge in [0.2, 0.25) is 0 Å². The first-order chi connectivity index (χ1) is 7.54. The van der Waals surface area contributed by atoms with Gasteiger partial charge in [-0.2, -0.15) is 0 Å². The van der Waals surface area contributed by atoms with Gasteiger partial charge in [0.1, 0.15) is 0 Å². The van der Waals surface area contributed by atoms with Gasteiger partial charge in [0, 0.05) is 5.56 Å². The molecule has 1 aromatic carbocycles. The molecule has 2 N–H and O–H groups in total. The van der Waals surface area contributed by atoms with Crippen LogP contribution in [0, 0.1) is 32.6 Å². The topological polar surface area (TPSA) is 26.0 Å². The maximum Gasteiger partial charge on any atom is 0.0668 e. The average Bonchev–Trinajstić information content (AvgIpc) is 2.22. The first-order valence-electron chi connectivity index (χ1n) is 5.89. The zero-order chi connectivity index (χ0) is 12.1. The molecular weight excluding hydrogens is 194 g/mol. The lowest BCUT2D eigenvalue weighted by Crippen LogP contribution is -2.16. The van der Waals surface area contributed by atoms with E-state index in [2.05, 4.69) is 51.7 Å². The molecule has 0 saturated carbocycles. The molecule has 0 aliphatic heterocycles. The zero-order valence-electron chi connectivity index (χ0n) is 10.7. The maximum absolute atomic E-state index is 5.88. The Morgan fingerprint density at radius 1 is 1.12 bits per heavy atom. The van der Waals surface area contributed by atoms with Gasteiger partial charge < -0.3 is 5.73 Å². The number of benzene rings is 1. The second kappa shape index (κ2) is 5.72. The van der Waals surface area contributed by atoms with Crippen LogP contribution in [0.15, 0.2) is 12.1 Å². The molecule has 0 radical (unpaired) electrons. The van der Waals surface area contributed by atoms with E-state index in [1.807, 2.05) is 0 Å². The molecule has 1 heteroatoms. The van der Waals surface area contributed by atoms with Crippen molar-refractivity contribution in [3.05, 3.63) is 34.4 Å². The molecule has 0 aliphatic rings. The van der Waals surface area contributed by atoms with Gasteiger partial charge in [0.25, 0.3) is 0 Å². The van der Waals surface area contributed by atoms with Crippen LogP contribution in [0.5, 0.6) is 0 Å². The monoisotopic (exact) mass is 215 g/mol. The van der Waals surface area contributed by atoms with Gasteiger partial charge >= 0.3 is 0 Å². The van der Waals surface area contributed by atoms with E-state index in [1.54, 1.807) is 0 Å². The van der Waals surface area contributed by atoms with Gasteiger partial charge in [0.15, 0.2) is 0 Å². The summed E-state index contributed by atoms with van der Waals surface area (Å²) in [5.74, 6) is 6.31. The van der Waals surface area contributed by atoms with Gasteiger partial charge in [-0.15, -0.1) is 0 Å². The molecule has 0 bridgehead atoms. The van der Waals surface area contributed by atoms with Crippen molar-refractivity contribution in [1.29, 1.82) is 0 Å². The van der Waals surface area contributed by atoms with Crippen LogP contribution in [-0.2, 0) is 0 Å². The van der Waals surface area contributed by atoms with Crippen LogP contribution >= 0.6 is 0 Å². The minimum atomic E-state index is 0.00556. The molecule has 0 heterocycles. The second-order valence-electron chi connectivity index (χ2n) is 4.42. The minimum absolute atomic E-state index is 0.00556. The van der Waals surface area contributed by atoms with E-state index in [0.717, 1.165) is 18.4 Å². The van der Waals surface area contributed by atoms with Crippen LogP contribution in [0.2, 0.25) is 0 Å². The van der Waals surface area contributed by atoms with Crippen LogP contribution in [-0.4, -0.2) is 6.04 Å². The van der Waals surface area contributed by atoms with Crippen molar-refractivity contribution in [3.63, 3.8) is 0 Å². The molecule has 0 amide bonds. The standard InChI is InChI=1S/C15H21N/c1-5-6-15(16)8-7-14-10-12(3)11(2)9-13(14)4/h9-10,15H,5-6,16H2,1-4H3. The lowest BCUT2D eigenvalue weighted by atomic mass is 10.0. The minimum Gasteiger partial charge on any atom is -0.318 e. The number of hydrogen-bond acceptors (Lipinski definition) is 1. The summed E-state index contributed by atoms with van der Waals surface area (Å²) in [4.78, 5) is 0. The molecule has 86 valence electrons. The van der Waals surface area contributed by atoms with Crippen LogP contribution in [0.4, 0.5) is 0 Å². The predicted molar refractivity (Wildman–Crippen MR) is 70.4 cm³/mol. The summed E-state index contributed by atoms with van der Waals surface area (Å²) in [6, 6.07) is 4.34. The lowest BCUT2D eigenvalue weighted by Gasteiger charge is -2.05. The molecular formula is C15H21N. The fourth-order valence-electron chi connectivity index (χ4n) is 1.65. The zero-order valence-corrected chi connectivity index (χ0v) is 10.7. The Morgan fingerprint density at radius 2 is 1.75 bits per heavy atom. The number of nitrogens with two attached hydrogens (primary N) is 1. The van der Waals surface area contributed by atoms with Crippen LogP contribution < -0.4 is 5.73 Å². The third-order valence-corrected chi connectivity index (χ3v) is 2.83. The quantitative estimate of drug-likeness (QED) is 0.754. The molecule has 0 saturated heterocycles. The van der Waals surface area contributed by atoms with Crippen molar-refractivity contribution in [3.8, 4) is 11.8 Å². The Morgan fingerprint density at radius 3 is 2.38 bits per heavy atom. The first kappa shape index (κ1) is 12.8. The molecule has 1 unspecified atom stereocenters.